The second-order valence-corrected chi connectivity index (χ2v) is 6.36. The summed E-state index contributed by atoms with van der Waals surface area (Å²) in [5.41, 5.74) is 7.58. The van der Waals surface area contributed by atoms with Crippen molar-refractivity contribution in [1.82, 2.24) is 19.9 Å². The summed E-state index contributed by atoms with van der Waals surface area (Å²) in [4.78, 5) is 4.43. The van der Waals surface area contributed by atoms with Crippen LogP contribution in [0.2, 0.25) is 5.02 Å². The molecule has 2 aromatic heterocycles. The molecule has 0 aliphatic heterocycles. The fraction of sp³-hybridized carbons (Fsp3) is 0.312. The maximum absolute atomic E-state index is 6.22. The molecule has 0 atom stereocenters. The molecule has 1 aromatic carbocycles. The minimum atomic E-state index is -0.421. The Morgan fingerprint density at radius 2 is 2.08 bits per heavy atom. The molecule has 1 saturated carbocycles. The molecule has 4 rings (SSSR count). The molecule has 24 heavy (non-hydrogen) atoms. The second-order valence-electron chi connectivity index (χ2n) is 5.95. The highest BCUT2D eigenvalue weighted by Gasteiger charge is 2.39. The summed E-state index contributed by atoms with van der Waals surface area (Å²) >= 11 is 6.18. The van der Waals surface area contributed by atoms with Crippen LogP contribution < -0.4 is 5.73 Å². The van der Waals surface area contributed by atoms with Gasteiger partial charge in [-0.25, -0.2) is 0 Å². The van der Waals surface area contributed by atoms with E-state index in [0.717, 1.165) is 35.4 Å². The number of hydrogen-bond acceptors (Lipinski definition) is 5. The predicted molar refractivity (Wildman–Crippen MR) is 93.0 cm³/mol. The maximum atomic E-state index is 6.22. The quantitative estimate of drug-likeness (QED) is 0.765. The highest BCUT2D eigenvalue weighted by molar-refractivity contribution is 6.31. The van der Waals surface area contributed by atoms with Crippen molar-refractivity contribution in [3.05, 3.63) is 53.1 Å². The molecule has 0 unspecified atom stereocenters. The Labute approximate surface area is 150 Å². The molecular formula is C16H17Cl2N5O. The molecule has 126 valence electrons. The summed E-state index contributed by atoms with van der Waals surface area (Å²) in [5, 5.41) is 9.08. The van der Waals surface area contributed by atoms with Gasteiger partial charge in [0.15, 0.2) is 5.82 Å². The van der Waals surface area contributed by atoms with Crippen molar-refractivity contribution in [2.75, 3.05) is 0 Å². The number of halogens is 2. The van der Waals surface area contributed by atoms with Gasteiger partial charge in [0.25, 0.3) is 5.89 Å². The van der Waals surface area contributed by atoms with Crippen LogP contribution in [0.15, 0.2) is 41.2 Å². The largest absolute Gasteiger partial charge is 0.334 e. The van der Waals surface area contributed by atoms with E-state index in [2.05, 4.69) is 15.2 Å². The van der Waals surface area contributed by atoms with Gasteiger partial charge in [-0.15, -0.1) is 12.4 Å². The number of hydrogen-bond donors (Lipinski definition) is 1. The van der Waals surface area contributed by atoms with Gasteiger partial charge in [-0.2, -0.15) is 10.1 Å². The van der Waals surface area contributed by atoms with Crippen LogP contribution >= 0.6 is 24.0 Å². The number of aromatic nitrogens is 4. The highest BCUT2D eigenvalue weighted by Crippen LogP contribution is 2.37. The SMILES string of the molecule is Cl.NC1(c2noc(-c3cnn(Cc4ccccc4Cl)c3)n2)CCC1. The van der Waals surface area contributed by atoms with E-state index in [1.54, 1.807) is 10.9 Å². The van der Waals surface area contributed by atoms with Crippen LogP contribution in [0.1, 0.15) is 30.7 Å². The molecule has 3 aromatic rings. The number of nitrogens with two attached hydrogens (primary N) is 1. The predicted octanol–water partition coefficient (Wildman–Crippen LogP) is 3.39. The normalized spacial score (nSPS) is 15.6. The van der Waals surface area contributed by atoms with Gasteiger partial charge in [-0.1, -0.05) is 35.0 Å². The highest BCUT2D eigenvalue weighted by atomic mass is 35.5. The van der Waals surface area contributed by atoms with Gasteiger partial charge < -0.3 is 10.3 Å². The number of benzene rings is 1. The first-order valence-corrected chi connectivity index (χ1v) is 7.91. The lowest BCUT2D eigenvalue weighted by Crippen LogP contribution is -2.44. The molecule has 1 aliphatic rings. The maximum Gasteiger partial charge on any atom is 0.261 e. The monoisotopic (exact) mass is 365 g/mol. The Balaban J connectivity index is 0.00000169. The van der Waals surface area contributed by atoms with E-state index < -0.39 is 5.54 Å². The lowest BCUT2D eigenvalue weighted by atomic mass is 9.77. The Morgan fingerprint density at radius 1 is 1.29 bits per heavy atom. The Bertz CT molecular complexity index is 840. The summed E-state index contributed by atoms with van der Waals surface area (Å²) in [6.45, 7) is 0.585. The minimum absolute atomic E-state index is 0. The molecule has 2 N–H and O–H groups in total. The summed E-state index contributed by atoms with van der Waals surface area (Å²) in [7, 11) is 0. The standard InChI is InChI=1S/C16H16ClN5O.ClH/c17-13-5-2-1-4-11(13)9-22-10-12(8-19-22)14-20-15(21-23-14)16(18)6-3-7-16;/h1-2,4-5,8,10H,3,6-7,9,18H2;1H. The van der Waals surface area contributed by atoms with Crippen molar-refractivity contribution in [2.45, 2.75) is 31.3 Å². The van der Waals surface area contributed by atoms with Crippen molar-refractivity contribution in [2.24, 2.45) is 5.73 Å². The molecule has 0 spiro atoms. The second kappa shape index (κ2) is 6.55. The fourth-order valence-corrected chi connectivity index (χ4v) is 2.88. The van der Waals surface area contributed by atoms with Crippen LogP contribution in [-0.2, 0) is 12.1 Å². The zero-order valence-corrected chi connectivity index (χ0v) is 14.4. The summed E-state index contributed by atoms with van der Waals surface area (Å²) in [6, 6.07) is 7.70. The fourth-order valence-electron chi connectivity index (χ4n) is 2.69. The van der Waals surface area contributed by atoms with Gasteiger partial charge in [0.1, 0.15) is 0 Å². The van der Waals surface area contributed by atoms with E-state index in [1.807, 2.05) is 30.5 Å². The molecular weight excluding hydrogens is 349 g/mol. The van der Waals surface area contributed by atoms with Gasteiger partial charge in [0.05, 0.1) is 23.8 Å². The number of rotatable bonds is 4. The number of nitrogens with zero attached hydrogens (tertiary/aromatic N) is 4. The van der Waals surface area contributed by atoms with Gasteiger partial charge >= 0.3 is 0 Å². The van der Waals surface area contributed by atoms with Crippen LogP contribution in [-0.4, -0.2) is 19.9 Å². The zero-order chi connectivity index (χ0) is 15.9. The van der Waals surface area contributed by atoms with Gasteiger partial charge in [-0.3, -0.25) is 4.68 Å². The van der Waals surface area contributed by atoms with Crippen LogP contribution in [0, 0.1) is 0 Å². The zero-order valence-electron chi connectivity index (χ0n) is 12.9. The average molecular weight is 366 g/mol. The molecule has 0 saturated heterocycles. The van der Waals surface area contributed by atoms with Crippen LogP contribution in [0.5, 0.6) is 0 Å². The van der Waals surface area contributed by atoms with Crippen LogP contribution in [0.4, 0.5) is 0 Å². The first kappa shape index (κ1) is 17.0. The third kappa shape index (κ3) is 3.05. The van der Waals surface area contributed by atoms with E-state index in [9.17, 15) is 0 Å². The van der Waals surface area contributed by atoms with E-state index in [-0.39, 0.29) is 12.4 Å². The molecule has 1 aliphatic carbocycles. The van der Waals surface area contributed by atoms with Crippen LogP contribution in [0.25, 0.3) is 11.5 Å². The van der Waals surface area contributed by atoms with Crippen LogP contribution in [0.3, 0.4) is 0 Å². The van der Waals surface area contributed by atoms with Crippen molar-refractivity contribution in [3.63, 3.8) is 0 Å². The molecule has 0 bridgehead atoms. The van der Waals surface area contributed by atoms with Crippen molar-refractivity contribution < 1.29 is 4.52 Å². The molecule has 0 amide bonds. The Kier molecular flexibility index (Phi) is 4.62. The first-order chi connectivity index (χ1) is 11.1. The van der Waals surface area contributed by atoms with Gasteiger partial charge in [0, 0.05) is 11.2 Å². The average Bonchev–Trinajstić information content (AvgIpc) is 3.16. The smallest absolute Gasteiger partial charge is 0.261 e. The third-order valence-corrected chi connectivity index (χ3v) is 4.66. The first-order valence-electron chi connectivity index (χ1n) is 7.53. The minimum Gasteiger partial charge on any atom is -0.334 e. The summed E-state index contributed by atoms with van der Waals surface area (Å²) in [5.74, 6) is 1.03. The van der Waals surface area contributed by atoms with Crippen molar-refractivity contribution in [3.8, 4) is 11.5 Å². The Morgan fingerprint density at radius 3 is 2.79 bits per heavy atom. The third-order valence-electron chi connectivity index (χ3n) is 4.29. The van der Waals surface area contributed by atoms with Gasteiger partial charge in [-0.05, 0) is 30.9 Å². The molecule has 6 nitrogen and oxygen atoms in total. The van der Waals surface area contributed by atoms with E-state index in [1.165, 1.54) is 0 Å². The van der Waals surface area contributed by atoms with Crippen molar-refractivity contribution in [1.29, 1.82) is 0 Å². The molecule has 2 heterocycles. The Hall–Kier alpha value is -1.89. The molecule has 1 fully saturated rings. The lowest BCUT2D eigenvalue weighted by Gasteiger charge is -2.34. The van der Waals surface area contributed by atoms with Gasteiger partial charge in [0.2, 0.25) is 0 Å². The topological polar surface area (TPSA) is 82.8 Å². The van der Waals surface area contributed by atoms with E-state index in [4.69, 9.17) is 21.9 Å². The lowest BCUT2D eigenvalue weighted by molar-refractivity contribution is 0.229. The van der Waals surface area contributed by atoms with E-state index in [0.29, 0.717) is 18.3 Å². The molecule has 8 heteroatoms. The van der Waals surface area contributed by atoms with E-state index >= 15 is 0 Å². The summed E-state index contributed by atoms with van der Waals surface area (Å²) < 4.78 is 7.13. The molecule has 0 radical (unpaired) electrons. The summed E-state index contributed by atoms with van der Waals surface area (Å²) in [6.07, 6.45) is 6.48. The van der Waals surface area contributed by atoms with Crippen molar-refractivity contribution >= 4 is 24.0 Å².